The maximum atomic E-state index is 11.6. The van der Waals surface area contributed by atoms with Crippen molar-refractivity contribution in [1.29, 1.82) is 0 Å². The number of benzene rings is 1. The molecule has 2 rings (SSSR count). The van der Waals surface area contributed by atoms with Crippen LogP contribution in [0.3, 0.4) is 0 Å². The number of nitrogens with zero attached hydrogens (tertiary/aromatic N) is 1. The van der Waals surface area contributed by atoms with E-state index in [9.17, 15) is 13.5 Å². The van der Waals surface area contributed by atoms with Gasteiger partial charge in [0.15, 0.2) is 9.84 Å². The van der Waals surface area contributed by atoms with Crippen LogP contribution in [0.25, 0.3) is 0 Å². The molecule has 0 unspecified atom stereocenters. The average molecular weight is 283 g/mol. The largest absolute Gasteiger partial charge is 0.507 e. The molecule has 0 aromatic heterocycles. The molecular weight excluding hydrogens is 262 g/mol. The SMILES string of the molecule is Cc1cc(CN2CCCS(=O)(=O)CC2)cc(C)c1O. The van der Waals surface area contributed by atoms with E-state index in [1.165, 1.54) is 0 Å². The van der Waals surface area contributed by atoms with Crippen molar-refractivity contribution in [2.45, 2.75) is 26.8 Å². The third kappa shape index (κ3) is 3.70. The summed E-state index contributed by atoms with van der Waals surface area (Å²) < 4.78 is 23.1. The highest BCUT2D eigenvalue weighted by molar-refractivity contribution is 7.91. The highest BCUT2D eigenvalue weighted by Crippen LogP contribution is 2.23. The Morgan fingerprint density at radius 3 is 2.42 bits per heavy atom. The summed E-state index contributed by atoms with van der Waals surface area (Å²) in [5.74, 6) is 0.905. The maximum Gasteiger partial charge on any atom is 0.151 e. The number of aryl methyl sites for hydroxylation is 2. The molecule has 0 radical (unpaired) electrons. The van der Waals surface area contributed by atoms with Crippen LogP contribution < -0.4 is 0 Å². The lowest BCUT2D eigenvalue weighted by Crippen LogP contribution is -2.26. The van der Waals surface area contributed by atoms with Crippen LogP contribution in [0.4, 0.5) is 0 Å². The molecule has 1 aliphatic rings. The van der Waals surface area contributed by atoms with Gasteiger partial charge in [-0.05, 0) is 43.5 Å². The van der Waals surface area contributed by atoms with Gasteiger partial charge in [-0.15, -0.1) is 0 Å². The first-order chi connectivity index (χ1) is 8.87. The highest BCUT2D eigenvalue weighted by Gasteiger charge is 2.19. The monoisotopic (exact) mass is 283 g/mol. The fourth-order valence-corrected chi connectivity index (χ4v) is 3.85. The van der Waals surface area contributed by atoms with Crippen molar-refractivity contribution in [2.24, 2.45) is 0 Å². The van der Waals surface area contributed by atoms with Gasteiger partial charge in [0.2, 0.25) is 0 Å². The van der Waals surface area contributed by atoms with E-state index in [2.05, 4.69) is 4.90 Å². The lowest BCUT2D eigenvalue weighted by Gasteiger charge is -2.20. The lowest BCUT2D eigenvalue weighted by atomic mass is 10.1. The minimum absolute atomic E-state index is 0.253. The van der Waals surface area contributed by atoms with E-state index in [4.69, 9.17) is 0 Å². The molecule has 0 bridgehead atoms. The zero-order valence-corrected chi connectivity index (χ0v) is 12.3. The Morgan fingerprint density at radius 2 is 1.79 bits per heavy atom. The van der Waals surface area contributed by atoms with Gasteiger partial charge >= 0.3 is 0 Å². The molecule has 1 saturated heterocycles. The second kappa shape index (κ2) is 5.51. The van der Waals surface area contributed by atoms with Crippen LogP contribution in [0, 0.1) is 13.8 Å². The summed E-state index contributed by atoms with van der Waals surface area (Å²) in [6, 6.07) is 3.95. The fourth-order valence-electron chi connectivity index (χ4n) is 2.54. The first-order valence-corrected chi connectivity index (χ1v) is 8.41. The van der Waals surface area contributed by atoms with Crippen LogP contribution in [0.1, 0.15) is 23.1 Å². The number of rotatable bonds is 2. The molecule has 4 nitrogen and oxygen atoms in total. The second-order valence-electron chi connectivity index (χ2n) is 5.36. The van der Waals surface area contributed by atoms with Crippen LogP contribution in [-0.2, 0) is 16.4 Å². The van der Waals surface area contributed by atoms with E-state index in [-0.39, 0.29) is 5.75 Å². The molecule has 1 aromatic rings. The summed E-state index contributed by atoms with van der Waals surface area (Å²) in [6.45, 7) is 5.94. The van der Waals surface area contributed by atoms with Gasteiger partial charge in [0.1, 0.15) is 5.75 Å². The van der Waals surface area contributed by atoms with Crippen molar-refractivity contribution >= 4 is 9.84 Å². The summed E-state index contributed by atoms with van der Waals surface area (Å²) in [6.07, 6.45) is 0.707. The van der Waals surface area contributed by atoms with Crippen LogP contribution in [0.15, 0.2) is 12.1 Å². The molecule has 1 aromatic carbocycles. The second-order valence-corrected chi connectivity index (χ2v) is 7.66. The van der Waals surface area contributed by atoms with Crippen LogP contribution in [-0.4, -0.2) is 43.0 Å². The Labute approximate surface area is 115 Å². The third-order valence-electron chi connectivity index (χ3n) is 3.61. The number of sulfone groups is 1. The van der Waals surface area contributed by atoms with Crippen LogP contribution >= 0.6 is 0 Å². The van der Waals surface area contributed by atoms with E-state index in [1.54, 1.807) is 0 Å². The molecule has 106 valence electrons. The normalized spacial score (nSPS) is 20.1. The van der Waals surface area contributed by atoms with Crippen molar-refractivity contribution < 1.29 is 13.5 Å². The maximum absolute atomic E-state index is 11.6. The Balaban J connectivity index is 2.09. The van der Waals surface area contributed by atoms with Gasteiger partial charge in [-0.3, -0.25) is 4.90 Å². The zero-order chi connectivity index (χ0) is 14.0. The van der Waals surface area contributed by atoms with Gasteiger partial charge in [0.25, 0.3) is 0 Å². The van der Waals surface area contributed by atoms with E-state index < -0.39 is 9.84 Å². The zero-order valence-electron chi connectivity index (χ0n) is 11.5. The molecule has 1 fully saturated rings. The predicted molar refractivity (Wildman–Crippen MR) is 76.1 cm³/mol. The molecule has 0 amide bonds. The first kappa shape index (κ1) is 14.3. The van der Waals surface area contributed by atoms with Crippen molar-refractivity contribution in [2.75, 3.05) is 24.6 Å². The number of hydrogen-bond donors (Lipinski definition) is 1. The third-order valence-corrected chi connectivity index (χ3v) is 5.32. The van der Waals surface area contributed by atoms with E-state index in [0.29, 0.717) is 24.5 Å². The summed E-state index contributed by atoms with van der Waals surface area (Å²) >= 11 is 0. The van der Waals surface area contributed by atoms with Crippen LogP contribution in [0.5, 0.6) is 5.75 Å². The van der Waals surface area contributed by atoms with Crippen molar-refractivity contribution in [3.63, 3.8) is 0 Å². The Hall–Kier alpha value is -1.07. The molecule has 1 aliphatic heterocycles. The number of hydrogen-bond acceptors (Lipinski definition) is 4. The number of phenols is 1. The molecule has 5 heteroatoms. The average Bonchev–Trinajstić information content (AvgIpc) is 2.48. The van der Waals surface area contributed by atoms with E-state index in [0.717, 1.165) is 29.8 Å². The van der Waals surface area contributed by atoms with Gasteiger partial charge in [-0.1, -0.05) is 12.1 Å². The topological polar surface area (TPSA) is 57.6 Å². The van der Waals surface area contributed by atoms with Crippen LogP contribution in [0.2, 0.25) is 0 Å². The van der Waals surface area contributed by atoms with Crippen molar-refractivity contribution in [3.05, 3.63) is 28.8 Å². The Bertz CT molecular complexity index is 543. The summed E-state index contributed by atoms with van der Waals surface area (Å²) in [7, 11) is -2.85. The van der Waals surface area contributed by atoms with Gasteiger partial charge in [0.05, 0.1) is 11.5 Å². The van der Waals surface area contributed by atoms with Gasteiger partial charge in [-0.25, -0.2) is 8.42 Å². The molecule has 0 aliphatic carbocycles. The molecule has 0 atom stereocenters. The molecule has 1 N–H and O–H groups in total. The van der Waals surface area contributed by atoms with E-state index in [1.807, 2.05) is 26.0 Å². The summed E-state index contributed by atoms with van der Waals surface area (Å²) in [4.78, 5) is 2.18. The molecule has 19 heavy (non-hydrogen) atoms. The lowest BCUT2D eigenvalue weighted by molar-refractivity contribution is 0.287. The van der Waals surface area contributed by atoms with E-state index >= 15 is 0 Å². The standard InChI is InChI=1S/C14H21NO3S/c1-11-8-13(9-12(2)14(11)16)10-15-4-3-6-19(17,18)7-5-15/h8-9,16H,3-7,10H2,1-2H3. The fraction of sp³-hybridized carbons (Fsp3) is 0.571. The quantitative estimate of drug-likeness (QED) is 0.896. The summed E-state index contributed by atoms with van der Waals surface area (Å²) in [5.41, 5.74) is 2.88. The van der Waals surface area contributed by atoms with Crippen molar-refractivity contribution in [3.8, 4) is 5.75 Å². The Kier molecular flexibility index (Phi) is 4.16. The summed E-state index contributed by atoms with van der Waals surface area (Å²) in [5, 5.41) is 9.76. The van der Waals surface area contributed by atoms with Gasteiger partial charge in [-0.2, -0.15) is 0 Å². The minimum Gasteiger partial charge on any atom is -0.507 e. The van der Waals surface area contributed by atoms with Crippen molar-refractivity contribution in [1.82, 2.24) is 4.90 Å². The van der Waals surface area contributed by atoms with Gasteiger partial charge < -0.3 is 5.11 Å². The number of phenolic OH excluding ortho intramolecular Hbond substituents is 1. The molecule has 0 spiro atoms. The Morgan fingerprint density at radius 1 is 1.16 bits per heavy atom. The molecule has 1 heterocycles. The molecular formula is C14H21NO3S. The van der Waals surface area contributed by atoms with Gasteiger partial charge in [0, 0.05) is 13.1 Å². The smallest absolute Gasteiger partial charge is 0.151 e. The predicted octanol–water partition coefficient (Wildman–Crippen LogP) is 1.63. The number of aromatic hydroxyl groups is 1. The molecule has 0 saturated carbocycles. The highest BCUT2D eigenvalue weighted by atomic mass is 32.2. The minimum atomic E-state index is -2.85. The first-order valence-electron chi connectivity index (χ1n) is 6.59.